The maximum absolute atomic E-state index is 13.8. The molecule has 0 amide bonds. The first-order chi connectivity index (χ1) is 18.5. The topological polar surface area (TPSA) is 124 Å². The molecule has 5 rings (SSSR count). The fraction of sp³-hybridized carbons (Fsp3) is 0.667. The van der Waals surface area contributed by atoms with Gasteiger partial charge in [-0.1, -0.05) is 7.43 Å². The third-order valence-electron chi connectivity index (χ3n) is 8.62. The molecule has 0 saturated carbocycles. The van der Waals surface area contributed by atoms with Gasteiger partial charge in [0.2, 0.25) is 6.79 Å². The number of hydrogen-bond acceptors (Lipinski definition) is 10. The highest BCUT2D eigenvalue weighted by atomic mass is 16.7. The first-order valence-electron chi connectivity index (χ1n) is 13.7. The SMILES string of the molecule is C.COC(=O)CC(O)(CCCC(C)(C)O)C(=O)OC1C(OC)=C[C@]23CCCN2CCc2cc4c(cc2[C@H]13)OCO4. The van der Waals surface area contributed by atoms with Crippen LogP contribution in [0.4, 0.5) is 0 Å². The average molecular weight is 562 g/mol. The van der Waals surface area contributed by atoms with Crippen LogP contribution in [-0.4, -0.2) is 84.0 Å². The minimum Gasteiger partial charge on any atom is -0.497 e. The van der Waals surface area contributed by atoms with E-state index in [1.807, 2.05) is 12.1 Å². The molecule has 222 valence electrons. The van der Waals surface area contributed by atoms with Gasteiger partial charge in [-0.15, -0.1) is 0 Å². The second-order valence-electron chi connectivity index (χ2n) is 11.7. The first-order valence-corrected chi connectivity index (χ1v) is 13.7. The van der Waals surface area contributed by atoms with Crippen LogP contribution in [-0.2, 0) is 30.2 Å². The molecular weight excluding hydrogens is 518 g/mol. The van der Waals surface area contributed by atoms with E-state index in [1.54, 1.807) is 21.0 Å². The van der Waals surface area contributed by atoms with Crippen molar-refractivity contribution < 1.29 is 43.5 Å². The Bertz CT molecular complexity index is 1160. The molecular formula is C30H43NO9. The van der Waals surface area contributed by atoms with Crippen LogP contribution in [0.1, 0.15) is 76.8 Å². The number of rotatable bonds is 9. The van der Waals surface area contributed by atoms with Crippen molar-refractivity contribution in [2.75, 3.05) is 34.1 Å². The summed E-state index contributed by atoms with van der Waals surface area (Å²) in [6, 6.07) is 4.00. The molecule has 1 aliphatic carbocycles. The van der Waals surface area contributed by atoms with Gasteiger partial charge in [-0.05, 0) is 88.3 Å². The standard InChI is InChI=1S/C29H39NO9.CH4/c1-27(2,33)8-5-10-29(34,16-23(31)36-4)26(32)39-25-22(35-3)15-28-9-6-11-30(28)12-7-18-13-20-21(38-17-37-20)14-19(18)24(25)28;/h13-15,24-25,33-34H,5-12,16-17H2,1-4H3;1H4/t24-,25?,28+,29?;/m1./s1. The Morgan fingerprint density at radius 3 is 2.52 bits per heavy atom. The van der Waals surface area contributed by atoms with Gasteiger partial charge in [0.05, 0.1) is 37.7 Å². The molecule has 2 unspecified atom stereocenters. The highest BCUT2D eigenvalue weighted by Crippen LogP contribution is 2.55. The number of carbonyl (C=O) groups excluding carboxylic acids is 2. The lowest BCUT2D eigenvalue weighted by atomic mass is 9.77. The zero-order valence-corrected chi connectivity index (χ0v) is 23.2. The summed E-state index contributed by atoms with van der Waals surface area (Å²) in [5.74, 6) is -0.0645. The number of hydrogen-bond donors (Lipinski definition) is 2. The summed E-state index contributed by atoms with van der Waals surface area (Å²) in [6.07, 6.45) is 3.94. The molecule has 2 N–H and O–H groups in total. The Kier molecular flexibility index (Phi) is 8.45. The third-order valence-corrected chi connectivity index (χ3v) is 8.62. The fourth-order valence-electron chi connectivity index (χ4n) is 6.71. The molecule has 1 fully saturated rings. The van der Waals surface area contributed by atoms with E-state index in [-0.39, 0.29) is 26.6 Å². The molecule has 4 atom stereocenters. The van der Waals surface area contributed by atoms with Crippen LogP contribution >= 0.6 is 0 Å². The predicted molar refractivity (Wildman–Crippen MR) is 146 cm³/mol. The number of esters is 2. The molecule has 3 heterocycles. The van der Waals surface area contributed by atoms with Crippen molar-refractivity contribution in [1.29, 1.82) is 0 Å². The molecule has 1 spiro atoms. The van der Waals surface area contributed by atoms with Crippen molar-refractivity contribution in [3.63, 3.8) is 0 Å². The van der Waals surface area contributed by atoms with Crippen LogP contribution in [0.2, 0.25) is 0 Å². The molecule has 0 bridgehead atoms. The van der Waals surface area contributed by atoms with Crippen LogP contribution < -0.4 is 9.47 Å². The van der Waals surface area contributed by atoms with Crippen molar-refractivity contribution in [3.05, 3.63) is 35.1 Å². The summed E-state index contributed by atoms with van der Waals surface area (Å²) in [6.45, 7) is 5.21. The van der Waals surface area contributed by atoms with Crippen LogP contribution in [0.5, 0.6) is 11.5 Å². The smallest absolute Gasteiger partial charge is 0.339 e. The van der Waals surface area contributed by atoms with E-state index in [2.05, 4.69) is 11.0 Å². The summed E-state index contributed by atoms with van der Waals surface area (Å²) in [7, 11) is 2.76. The van der Waals surface area contributed by atoms with E-state index in [0.717, 1.165) is 43.5 Å². The van der Waals surface area contributed by atoms with Crippen LogP contribution in [0.15, 0.2) is 24.0 Å². The molecule has 1 saturated heterocycles. The van der Waals surface area contributed by atoms with Gasteiger partial charge in [-0.2, -0.15) is 0 Å². The molecule has 1 aromatic rings. The van der Waals surface area contributed by atoms with E-state index in [4.69, 9.17) is 23.7 Å². The number of carbonyl (C=O) groups is 2. The molecule has 4 aliphatic rings. The van der Waals surface area contributed by atoms with Gasteiger partial charge in [-0.25, -0.2) is 4.79 Å². The highest BCUT2D eigenvalue weighted by molar-refractivity contribution is 5.86. The maximum atomic E-state index is 13.8. The van der Waals surface area contributed by atoms with Crippen molar-refractivity contribution in [3.8, 4) is 11.5 Å². The van der Waals surface area contributed by atoms with E-state index in [1.165, 1.54) is 7.11 Å². The molecule has 1 aromatic carbocycles. The minimum absolute atomic E-state index is 0. The normalized spacial score (nSPS) is 26.3. The lowest BCUT2D eigenvalue weighted by Gasteiger charge is -2.39. The number of benzene rings is 1. The van der Waals surface area contributed by atoms with Crippen molar-refractivity contribution in [1.82, 2.24) is 4.90 Å². The fourth-order valence-corrected chi connectivity index (χ4v) is 6.71. The van der Waals surface area contributed by atoms with Crippen molar-refractivity contribution >= 4 is 11.9 Å². The maximum Gasteiger partial charge on any atom is 0.339 e. The minimum atomic E-state index is -2.12. The highest BCUT2D eigenvalue weighted by Gasteiger charge is 2.59. The molecule has 10 nitrogen and oxygen atoms in total. The van der Waals surface area contributed by atoms with Gasteiger partial charge in [-0.3, -0.25) is 9.69 Å². The Balaban J connectivity index is 0.00000370. The van der Waals surface area contributed by atoms with E-state index >= 15 is 0 Å². The van der Waals surface area contributed by atoms with Gasteiger partial charge in [0.25, 0.3) is 0 Å². The Morgan fingerprint density at radius 2 is 1.85 bits per heavy atom. The number of ether oxygens (including phenoxy) is 5. The number of methoxy groups -OCH3 is 2. The second-order valence-corrected chi connectivity index (χ2v) is 11.7. The predicted octanol–water partition coefficient (Wildman–Crippen LogP) is 3.22. The van der Waals surface area contributed by atoms with Crippen LogP contribution in [0, 0.1) is 0 Å². The Labute approximate surface area is 236 Å². The summed E-state index contributed by atoms with van der Waals surface area (Å²) < 4.78 is 28.1. The van der Waals surface area contributed by atoms with Gasteiger partial charge in [0, 0.05) is 6.54 Å². The van der Waals surface area contributed by atoms with Gasteiger partial charge in [0.1, 0.15) is 5.76 Å². The Morgan fingerprint density at radius 1 is 1.12 bits per heavy atom. The first kappa shape index (κ1) is 30.1. The number of fused-ring (bicyclic) bond motifs is 3. The Hall–Kier alpha value is -2.82. The quantitative estimate of drug-likeness (QED) is 0.434. The van der Waals surface area contributed by atoms with Crippen LogP contribution in [0.3, 0.4) is 0 Å². The third kappa shape index (κ3) is 5.41. The van der Waals surface area contributed by atoms with E-state index < -0.39 is 41.2 Å². The molecule has 10 heteroatoms. The van der Waals surface area contributed by atoms with E-state index in [0.29, 0.717) is 30.1 Å². The molecule has 3 aliphatic heterocycles. The monoisotopic (exact) mass is 561 g/mol. The number of aliphatic hydroxyl groups is 2. The zero-order valence-electron chi connectivity index (χ0n) is 23.2. The summed E-state index contributed by atoms with van der Waals surface area (Å²) in [5.41, 5.74) is -1.42. The van der Waals surface area contributed by atoms with Gasteiger partial charge in [0.15, 0.2) is 23.2 Å². The van der Waals surface area contributed by atoms with Gasteiger partial charge >= 0.3 is 11.9 Å². The summed E-state index contributed by atoms with van der Waals surface area (Å²) in [4.78, 5) is 28.4. The lowest BCUT2D eigenvalue weighted by molar-refractivity contribution is -0.178. The van der Waals surface area contributed by atoms with E-state index in [9.17, 15) is 19.8 Å². The average Bonchev–Trinajstić information content (AvgIpc) is 3.56. The second kappa shape index (κ2) is 11.2. The molecule has 40 heavy (non-hydrogen) atoms. The van der Waals surface area contributed by atoms with Crippen molar-refractivity contribution in [2.45, 2.75) is 95.0 Å². The number of nitrogens with zero attached hydrogens (tertiary/aromatic N) is 1. The largest absolute Gasteiger partial charge is 0.497 e. The van der Waals surface area contributed by atoms with Gasteiger partial charge < -0.3 is 33.9 Å². The molecule has 0 radical (unpaired) electrons. The van der Waals surface area contributed by atoms with Crippen molar-refractivity contribution in [2.24, 2.45) is 0 Å². The zero-order chi connectivity index (χ0) is 28.0. The summed E-state index contributed by atoms with van der Waals surface area (Å²) in [5, 5.41) is 21.6. The molecule has 0 aromatic heterocycles. The van der Waals surface area contributed by atoms with Crippen LogP contribution in [0.25, 0.3) is 0 Å². The summed E-state index contributed by atoms with van der Waals surface area (Å²) >= 11 is 0. The lowest BCUT2D eigenvalue weighted by Crippen LogP contribution is -2.49.